The molecule has 0 bridgehead atoms. The second-order valence-corrected chi connectivity index (χ2v) is 4.77. The first-order valence-corrected chi connectivity index (χ1v) is 6.04. The van der Waals surface area contributed by atoms with E-state index in [1.54, 1.807) is 12.4 Å². The molecule has 1 fully saturated rings. The third kappa shape index (κ3) is 2.57. The molecule has 88 valence electrons. The number of nitrogens with one attached hydrogen (secondary N) is 1. The Bertz CT molecular complexity index is 306. The summed E-state index contributed by atoms with van der Waals surface area (Å²) in [6.45, 7) is 2.32. The molecule has 1 aromatic rings. The predicted octanol–water partition coefficient (Wildman–Crippen LogP) is 1.81. The lowest BCUT2D eigenvalue weighted by Crippen LogP contribution is -2.36. The number of hydrazine groups is 1. The maximum absolute atomic E-state index is 5.64. The van der Waals surface area contributed by atoms with Crippen LogP contribution in [0.1, 0.15) is 44.5 Å². The van der Waals surface area contributed by atoms with Gasteiger partial charge in [0.2, 0.25) is 0 Å². The minimum absolute atomic E-state index is 0.105. The molecule has 0 aliphatic heterocycles. The zero-order valence-electron chi connectivity index (χ0n) is 9.76. The fraction of sp³-hybridized carbons (Fsp3) is 0.667. The van der Waals surface area contributed by atoms with E-state index < -0.39 is 0 Å². The Kier molecular flexibility index (Phi) is 3.85. The van der Waals surface area contributed by atoms with Gasteiger partial charge in [0.05, 0.1) is 6.04 Å². The summed E-state index contributed by atoms with van der Waals surface area (Å²) < 4.78 is 0. The van der Waals surface area contributed by atoms with Gasteiger partial charge in [0.1, 0.15) is 5.82 Å². The summed E-state index contributed by atoms with van der Waals surface area (Å²) in [6.07, 6.45) is 8.56. The largest absolute Gasteiger partial charge is 0.271 e. The Balaban J connectivity index is 2.05. The number of hydrogen-bond donors (Lipinski definition) is 2. The molecule has 0 radical (unpaired) electrons. The van der Waals surface area contributed by atoms with Gasteiger partial charge >= 0.3 is 0 Å². The van der Waals surface area contributed by atoms with E-state index in [4.69, 9.17) is 5.84 Å². The van der Waals surface area contributed by atoms with Crippen LogP contribution < -0.4 is 11.3 Å². The van der Waals surface area contributed by atoms with Gasteiger partial charge in [-0.05, 0) is 30.7 Å². The van der Waals surface area contributed by atoms with Gasteiger partial charge in [-0.2, -0.15) is 0 Å². The van der Waals surface area contributed by atoms with E-state index in [9.17, 15) is 0 Å². The fourth-order valence-corrected chi connectivity index (χ4v) is 2.51. The van der Waals surface area contributed by atoms with E-state index >= 15 is 0 Å². The first kappa shape index (κ1) is 11.5. The summed E-state index contributed by atoms with van der Waals surface area (Å²) >= 11 is 0. The first-order chi connectivity index (χ1) is 7.81. The van der Waals surface area contributed by atoms with Crippen LogP contribution in [0.5, 0.6) is 0 Å². The SMILES string of the molecule is CC1CCC(C(NN)c2ncccn2)CC1. The Morgan fingerprint density at radius 2 is 1.88 bits per heavy atom. The highest BCUT2D eigenvalue weighted by atomic mass is 15.2. The quantitative estimate of drug-likeness (QED) is 0.602. The zero-order valence-corrected chi connectivity index (χ0v) is 9.76. The van der Waals surface area contributed by atoms with Crippen LogP contribution in [0.3, 0.4) is 0 Å². The summed E-state index contributed by atoms with van der Waals surface area (Å²) in [4.78, 5) is 8.58. The lowest BCUT2D eigenvalue weighted by molar-refractivity contribution is 0.226. The van der Waals surface area contributed by atoms with Gasteiger partial charge in [-0.1, -0.05) is 19.8 Å². The number of nitrogens with two attached hydrogens (primary N) is 1. The Morgan fingerprint density at radius 1 is 1.25 bits per heavy atom. The maximum Gasteiger partial charge on any atom is 0.146 e. The third-order valence-corrected chi connectivity index (χ3v) is 3.58. The van der Waals surface area contributed by atoms with Gasteiger partial charge in [-0.25, -0.2) is 15.4 Å². The van der Waals surface area contributed by atoms with Crippen molar-refractivity contribution in [3.05, 3.63) is 24.3 Å². The van der Waals surface area contributed by atoms with Crippen LogP contribution in [0.2, 0.25) is 0 Å². The van der Waals surface area contributed by atoms with Crippen molar-refractivity contribution in [1.29, 1.82) is 0 Å². The molecule has 3 N–H and O–H groups in total. The van der Waals surface area contributed by atoms with Crippen LogP contribution >= 0.6 is 0 Å². The van der Waals surface area contributed by atoms with Crippen LogP contribution in [-0.4, -0.2) is 9.97 Å². The van der Waals surface area contributed by atoms with Crippen LogP contribution in [0.15, 0.2) is 18.5 Å². The second kappa shape index (κ2) is 5.37. The molecule has 16 heavy (non-hydrogen) atoms. The van der Waals surface area contributed by atoms with E-state index in [2.05, 4.69) is 22.3 Å². The predicted molar refractivity (Wildman–Crippen MR) is 63.2 cm³/mol. The van der Waals surface area contributed by atoms with Crippen molar-refractivity contribution in [2.24, 2.45) is 17.7 Å². The molecular weight excluding hydrogens is 200 g/mol. The van der Waals surface area contributed by atoms with Gasteiger partial charge in [-0.3, -0.25) is 5.84 Å². The molecule has 1 saturated carbocycles. The van der Waals surface area contributed by atoms with Crippen molar-refractivity contribution in [2.45, 2.75) is 38.6 Å². The van der Waals surface area contributed by atoms with Crippen molar-refractivity contribution < 1.29 is 0 Å². The van der Waals surface area contributed by atoms with Crippen molar-refractivity contribution in [3.63, 3.8) is 0 Å². The van der Waals surface area contributed by atoms with E-state index in [0.29, 0.717) is 5.92 Å². The van der Waals surface area contributed by atoms with Gasteiger partial charge in [-0.15, -0.1) is 0 Å². The van der Waals surface area contributed by atoms with Crippen LogP contribution in [0.4, 0.5) is 0 Å². The maximum atomic E-state index is 5.64. The molecule has 1 atom stereocenters. The van der Waals surface area contributed by atoms with Gasteiger partial charge in [0.15, 0.2) is 0 Å². The van der Waals surface area contributed by atoms with Gasteiger partial charge in [0, 0.05) is 12.4 Å². The Labute approximate surface area is 96.6 Å². The Hall–Kier alpha value is -1.00. The highest BCUT2D eigenvalue weighted by Crippen LogP contribution is 2.35. The molecule has 0 aromatic carbocycles. The average Bonchev–Trinajstić information content (AvgIpc) is 2.34. The monoisotopic (exact) mass is 220 g/mol. The standard InChI is InChI=1S/C12H20N4/c1-9-3-5-10(6-4-9)11(16-13)12-14-7-2-8-15-12/h2,7-11,16H,3-6,13H2,1H3. The lowest BCUT2D eigenvalue weighted by atomic mass is 9.79. The van der Waals surface area contributed by atoms with Gasteiger partial charge in [0.25, 0.3) is 0 Å². The molecule has 1 heterocycles. The summed E-state index contributed by atoms with van der Waals surface area (Å²) in [5.74, 6) is 7.89. The molecule has 0 saturated heterocycles. The zero-order chi connectivity index (χ0) is 11.4. The summed E-state index contributed by atoms with van der Waals surface area (Å²) in [5, 5.41) is 0. The van der Waals surface area contributed by atoms with Crippen LogP contribution in [-0.2, 0) is 0 Å². The summed E-state index contributed by atoms with van der Waals surface area (Å²) in [6, 6.07) is 1.94. The highest BCUT2D eigenvalue weighted by Gasteiger charge is 2.27. The van der Waals surface area contributed by atoms with E-state index in [1.807, 2.05) is 6.07 Å². The number of nitrogens with zero attached hydrogens (tertiary/aromatic N) is 2. The average molecular weight is 220 g/mol. The third-order valence-electron chi connectivity index (χ3n) is 3.58. The number of aromatic nitrogens is 2. The van der Waals surface area contributed by atoms with Crippen LogP contribution in [0.25, 0.3) is 0 Å². The van der Waals surface area contributed by atoms with E-state index in [0.717, 1.165) is 11.7 Å². The van der Waals surface area contributed by atoms with E-state index in [1.165, 1.54) is 25.7 Å². The number of hydrogen-bond acceptors (Lipinski definition) is 4. The number of rotatable bonds is 3. The molecule has 1 aliphatic rings. The normalized spacial score (nSPS) is 27.6. The van der Waals surface area contributed by atoms with Crippen molar-refractivity contribution >= 4 is 0 Å². The first-order valence-electron chi connectivity index (χ1n) is 6.04. The molecular formula is C12H20N4. The van der Waals surface area contributed by atoms with Gasteiger partial charge < -0.3 is 0 Å². The molecule has 0 amide bonds. The lowest BCUT2D eigenvalue weighted by Gasteiger charge is -2.31. The fourth-order valence-electron chi connectivity index (χ4n) is 2.51. The summed E-state index contributed by atoms with van der Waals surface area (Å²) in [5.41, 5.74) is 2.88. The second-order valence-electron chi connectivity index (χ2n) is 4.77. The molecule has 1 aromatic heterocycles. The molecule has 4 heteroatoms. The van der Waals surface area contributed by atoms with Crippen molar-refractivity contribution in [1.82, 2.24) is 15.4 Å². The van der Waals surface area contributed by atoms with Crippen molar-refractivity contribution in [3.8, 4) is 0 Å². The molecule has 1 aliphatic carbocycles. The minimum Gasteiger partial charge on any atom is -0.271 e. The smallest absolute Gasteiger partial charge is 0.146 e. The van der Waals surface area contributed by atoms with Crippen molar-refractivity contribution in [2.75, 3.05) is 0 Å². The van der Waals surface area contributed by atoms with Crippen LogP contribution in [0, 0.1) is 11.8 Å². The molecule has 4 nitrogen and oxygen atoms in total. The topological polar surface area (TPSA) is 63.8 Å². The molecule has 1 unspecified atom stereocenters. The minimum atomic E-state index is 0.105. The summed E-state index contributed by atoms with van der Waals surface area (Å²) in [7, 11) is 0. The van der Waals surface area contributed by atoms with E-state index in [-0.39, 0.29) is 6.04 Å². The Morgan fingerprint density at radius 3 is 2.44 bits per heavy atom. The molecule has 2 rings (SSSR count). The molecule has 0 spiro atoms. The highest BCUT2D eigenvalue weighted by molar-refractivity contribution is 4.98.